The average molecular weight is 234 g/mol. The van der Waals surface area contributed by atoms with Crippen LogP contribution in [0.5, 0.6) is 0 Å². The lowest BCUT2D eigenvalue weighted by Crippen LogP contribution is -2.47. The van der Waals surface area contributed by atoms with Gasteiger partial charge >= 0.3 is 5.97 Å². The Hall–Kier alpha value is -0.320. The van der Waals surface area contributed by atoms with Crippen LogP contribution in [0.4, 0.5) is 0 Å². The molecule has 2 atom stereocenters. The summed E-state index contributed by atoms with van der Waals surface area (Å²) in [7, 11) is 0. The van der Waals surface area contributed by atoms with Crippen molar-refractivity contribution in [2.45, 2.75) is 30.2 Å². The number of halogens is 1. The summed E-state index contributed by atoms with van der Waals surface area (Å²) in [5.41, 5.74) is 0.0859. The molecule has 2 saturated heterocycles. The number of hydrogen-bond donors (Lipinski definition) is 1. The van der Waals surface area contributed by atoms with E-state index < -0.39 is 11.3 Å². The molecule has 0 aliphatic carbocycles. The molecule has 2 unspecified atom stereocenters. The summed E-state index contributed by atoms with van der Waals surface area (Å²) in [5, 5.41) is 7.98. The van der Waals surface area contributed by atoms with E-state index in [2.05, 4.69) is 4.90 Å². The summed E-state index contributed by atoms with van der Waals surface area (Å²) in [6.07, 6.45) is 3.24. The number of carboxylic acids is 1. The smallest absolute Gasteiger partial charge is 0.322 e. The molecule has 2 aliphatic rings. The van der Waals surface area contributed by atoms with Gasteiger partial charge in [-0.05, 0) is 25.8 Å². The molecule has 0 amide bonds. The molecular weight excluding hydrogens is 218 g/mol. The second-order valence-electron chi connectivity index (χ2n) is 4.38. The summed E-state index contributed by atoms with van der Waals surface area (Å²) in [5.74, 6) is -0.933. The second kappa shape index (κ2) is 4.28. The van der Waals surface area contributed by atoms with Gasteiger partial charge in [0.2, 0.25) is 0 Å². The fraction of sp³-hybridized carbons (Fsp3) is 0.900. The molecule has 15 heavy (non-hydrogen) atoms. The Balaban J connectivity index is 1.99. The molecule has 86 valence electrons. The van der Waals surface area contributed by atoms with E-state index in [0.717, 1.165) is 39.0 Å². The molecule has 4 nitrogen and oxygen atoms in total. The highest BCUT2D eigenvalue weighted by atomic mass is 35.5. The van der Waals surface area contributed by atoms with Crippen LogP contribution in [0.25, 0.3) is 0 Å². The Labute approximate surface area is 94.1 Å². The predicted octanol–water partition coefficient (Wildman–Crippen LogP) is 0.933. The van der Waals surface area contributed by atoms with Gasteiger partial charge in [0.15, 0.2) is 0 Å². The number of carboxylic acid groups (broad SMARTS) is 1. The molecule has 0 aromatic rings. The zero-order valence-electron chi connectivity index (χ0n) is 8.62. The molecule has 0 saturated carbocycles. The van der Waals surface area contributed by atoms with Crippen molar-refractivity contribution in [2.24, 2.45) is 0 Å². The lowest BCUT2D eigenvalue weighted by atomic mass is 9.95. The van der Waals surface area contributed by atoms with Crippen LogP contribution < -0.4 is 0 Å². The number of hydrogen-bond acceptors (Lipinski definition) is 3. The highest BCUT2D eigenvalue weighted by Gasteiger charge is 2.44. The minimum atomic E-state index is -0.933. The van der Waals surface area contributed by atoms with E-state index in [9.17, 15) is 4.79 Å². The normalized spacial score (nSPS) is 33.7. The van der Waals surface area contributed by atoms with Gasteiger partial charge in [-0.3, -0.25) is 9.69 Å². The maximum absolute atomic E-state index is 10.7. The zero-order chi connectivity index (χ0) is 10.9. The van der Waals surface area contributed by atoms with Crippen LogP contribution in [0.15, 0.2) is 0 Å². The topological polar surface area (TPSA) is 49.8 Å². The lowest BCUT2D eigenvalue weighted by molar-refractivity contribution is -0.137. The van der Waals surface area contributed by atoms with Crippen LogP contribution in [0.1, 0.15) is 19.3 Å². The van der Waals surface area contributed by atoms with E-state index in [0.29, 0.717) is 6.54 Å². The van der Waals surface area contributed by atoms with Crippen LogP contribution in [0.3, 0.4) is 0 Å². The van der Waals surface area contributed by atoms with Gasteiger partial charge in [-0.2, -0.15) is 0 Å². The zero-order valence-corrected chi connectivity index (χ0v) is 9.37. The van der Waals surface area contributed by atoms with Gasteiger partial charge in [0, 0.05) is 18.7 Å². The summed E-state index contributed by atoms with van der Waals surface area (Å²) in [4.78, 5) is 12.9. The van der Waals surface area contributed by atoms with E-state index in [-0.39, 0.29) is 5.54 Å². The van der Waals surface area contributed by atoms with Gasteiger partial charge in [0.1, 0.15) is 5.38 Å². The first kappa shape index (κ1) is 11.2. The number of ether oxygens (including phenoxy) is 1. The molecule has 0 bridgehead atoms. The van der Waals surface area contributed by atoms with Crippen molar-refractivity contribution in [2.75, 3.05) is 26.3 Å². The molecule has 0 aromatic carbocycles. The molecule has 0 radical (unpaired) electrons. The molecule has 0 aromatic heterocycles. The SMILES string of the molecule is O=C(O)C(Cl)CN1CCCC12CCOC2. The van der Waals surface area contributed by atoms with Crippen molar-refractivity contribution >= 4 is 17.6 Å². The number of likely N-dealkylation sites (tertiary alicyclic amines) is 1. The summed E-state index contributed by atoms with van der Waals surface area (Å²) >= 11 is 5.78. The van der Waals surface area contributed by atoms with Crippen molar-refractivity contribution in [1.82, 2.24) is 4.90 Å². The van der Waals surface area contributed by atoms with Gasteiger partial charge in [-0.25, -0.2) is 0 Å². The molecule has 2 aliphatic heterocycles. The Morgan fingerprint density at radius 3 is 3.00 bits per heavy atom. The van der Waals surface area contributed by atoms with Gasteiger partial charge in [-0.15, -0.1) is 11.6 Å². The Morgan fingerprint density at radius 2 is 2.40 bits per heavy atom. The van der Waals surface area contributed by atoms with Gasteiger partial charge in [-0.1, -0.05) is 0 Å². The van der Waals surface area contributed by atoms with Crippen LogP contribution in [-0.2, 0) is 9.53 Å². The summed E-state index contributed by atoms with van der Waals surface area (Å²) < 4.78 is 5.42. The Bertz CT molecular complexity index is 248. The lowest BCUT2D eigenvalue weighted by Gasteiger charge is -2.34. The fourth-order valence-corrected chi connectivity index (χ4v) is 2.76. The molecule has 1 N–H and O–H groups in total. The summed E-state index contributed by atoms with van der Waals surface area (Å²) in [6.45, 7) is 2.90. The quantitative estimate of drug-likeness (QED) is 0.737. The van der Waals surface area contributed by atoms with Crippen LogP contribution in [0.2, 0.25) is 0 Å². The van der Waals surface area contributed by atoms with Gasteiger partial charge in [0.05, 0.1) is 6.61 Å². The van der Waals surface area contributed by atoms with Crippen molar-refractivity contribution in [3.8, 4) is 0 Å². The largest absolute Gasteiger partial charge is 0.480 e. The number of nitrogens with zero attached hydrogens (tertiary/aromatic N) is 1. The monoisotopic (exact) mass is 233 g/mol. The van der Waals surface area contributed by atoms with Crippen molar-refractivity contribution in [1.29, 1.82) is 0 Å². The fourth-order valence-electron chi connectivity index (χ4n) is 2.59. The second-order valence-corrected chi connectivity index (χ2v) is 4.91. The van der Waals surface area contributed by atoms with Crippen LogP contribution in [-0.4, -0.2) is 53.2 Å². The van der Waals surface area contributed by atoms with Gasteiger partial charge in [0.25, 0.3) is 0 Å². The standard InChI is InChI=1S/C10H16ClNO3/c11-8(9(13)14)6-12-4-1-2-10(12)3-5-15-7-10/h8H,1-7H2,(H,13,14). The first-order valence-corrected chi connectivity index (χ1v) is 5.77. The van der Waals surface area contributed by atoms with Crippen molar-refractivity contribution in [3.05, 3.63) is 0 Å². The van der Waals surface area contributed by atoms with Crippen LogP contribution in [0, 0.1) is 0 Å². The molecular formula is C10H16ClNO3. The molecule has 1 spiro atoms. The van der Waals surface area contributed by atoms with E-state index in [1.807, 2.05) is 0 Å². The predicted molar refractivity (Wildman–Crippen MR) is 56.3 cm³/mol. The maximum atomic E-state index is 10.7. The van der Waals surface area contributed by atoms with E-state index in [4.69, 9.17) is 21.4 Å². The highest BCUT2D eigenvalue weighted by molar-refractivity contribution is 6.29. The average Bonchev–Trinajstić information content (AvgIpc) is 2.79. The number of carbonyl (C=O) groups is 1. The third kappa shape index (κ3) is 2.12. The molecule has 2 heterocycles. The summed E-state index contributed by atoms with van der Waals surface area (Å²) in [6, 6.07) is 0. The third-order valence-electron chi connectivity index (χ3n) is 3.47. The number of rotatable bonds is 3. The maximum Gasteiger partial charge on any atom is 0.322 e. The number of alkyl halides is 1. The third-order valence-corrected chi connectivity index (χ3v) is 3.80. The first-order valence-electron chi connectivity index (χ1n) is 5.34. The van der Waals surface area contributed by atoms with E-state index >= 15 is 0 Å². The molecule has 2 rings (SSSR count). The molecule has 5 heteroatoms. The Morgan fingerprint density at radius 1 is 1.60 bits per heavy atom. The van der Waals surface area contributed by atoms with Crippen LogP contribution >= 0.6 is 11.6 Å². The van der Waals surface area contributed by atoms with E-state index in [1.54, 1.807) is 0 Å². The van der Waals surface area contributed by atoms with E-state index in [1.165, 1.54) is 0 Å². The highest BCUT2D eigenvalue weighted by Crippen LogP contribution is 2.36. The van der Waals surface area contributed by atoms with Crippen molar-refractivity contribution < 1.29 is 14.6 Å². The number of aliphatic carboxylic acids is 1. The first-order chi connectivity index (χ1) is 7.14. The van der Waals surface area contributed by atoms with Gasteiger partial charge < -0.3 is 9.84 Å². The minimum absolute atomic E-state index is 0.0859. The minimum Gasteiger partial charge on any atom is -0.480 e. The Kier molecular flexibility index (Phi) is 3.19. The molecule has 2 fully saturated rings. The van der Waals surface area contributed by atoms with Crippen molar-refractivity contribution in [3.63, 3.8) is 0 Å².